The number of nitrogens with two attached hydrogens (primary N) is 1. The first-order valence-corrected chi connectivity index (χ1v) is 6.20. The van der Waals surface area contributed by atoms with E-state index in [1.165, 1.54) is 25.7 Å². The molecule has 1 aliphatic rings. The van der Waals surface area contributed by atoms with E-state index in [-0.39, 0.29) is 0 Å². The molecule has 0 heterocycles. The van der Waals surface area contributed by atoms with Gasteiger partial charge in [0.1, 0.15) is 0 Å². The number of nitrogens with zero attached hydrogens (tertiary/aromatic N) is 1. The number of likely N-dealkylation sites (N-methyl/N-ethyl adjacent to an activating group) is 1. The summed E-state index contributed by atoms with van der Waals surface area (Å²) in [7, 11) is 2.21. The first-order valence-electron chi connectivity index (χ1n) is 6.20. The summed E-state index contributed by atoms with van der Waals surface area (Å²) in [5, 5.41) is 0. The topological polar surface area (TPSA) is 38.5 Å². The monoisotopic (exact) mass is 214 g/mol. The summed E-state index contributed by atoms with van der Waals surface area (Å²) in [5.74, 6) is 0. The van der Waals surface area contributed by atoms with Gasteiger partial charge in [-0.25, -0.2) is 0 Å². The molecule has 1 aliphatic carbocycles. The molecule has 3 nitrogen and oxygen atoms in total. The van der Waals surface area contributed by atoms with E-state index in [1.54, 1.807) is 0 Å². The van der Waals surface area contributed by atoms with E-state index in [2.05, 4.69) is 18.9 Å². The van der Waals surface area contributed by atoms with E-state index in [4.69, 9.17) is 10.5 Å². The Morgan fingerprint density at radius 2 is 1.93 bits per heavy atom. The van der Waals surface area contributed by atoms with Gasteiger partial charge < -0.3 is 10.5 Å². The lowest BCUT2D eigenvalue weighted by Gasteiger charge is -2.37. The first-order chi connectivity index (χ1) is 7.15. The van der Waals surface area contributed by atoms with Gasteiger partial charge in [0.15, 0.2) is 0 Å². The summed E-state index contributed by atoms with van der Waals surface area (Å²) < 4.78 is 5.46. The van der Waals surface area contributed by atoms with Gasteiger partial charge >= 0.3 is 0 Å². The highest BCUT2D eigenvalue weighted by atomic mass is 16.5. The van der Waals surface area contributed by atoms with Crippen LogP contribution in [0.2, 0.25) is 0 Å². The first kappa shape index (κ1) is 12.9. The van der Waals surface area contributed by atoms with Gasteiger partial charge in [0.05, 0.1) is 6.61 Å². The van der Waals surface area contributed by atoms with E-state index < -0.39 is 0 Å². The van der Waals surface area contributed by atoms with Gasteiger partial charge in [-0.05, 0) is 46.6 Å². The van der Waals surface area contributed by atoms with Crippen LogP contribution < -0.4 is 5.73 Å². The summed E-state index contributed by atoms with van der Waals surface area (Å²) in [6, 6.07) is 1.67. The Morgan fingerprint density at radius 1 is 1.33 bits per heavy atom. The number of hydrogen-bond donors (Lipinski definition) is 1. The van der Waals surface area contributed by atoms with Gasteiger partial charge in [-0.3, -0.25) is 4.90 Å². The van der Waals surface area contributed by atoms with Crippen LogP contribution in [0.3, 0.4) is 0 Å². The molecule has 0 bridgehead atoms. The second-order valence-electron chi connectivity index (χ2n) is 4.74. The Hall–Kier alpha value is -0.120. The zero-order valence-electron chi connectivity index (χ0n) is 10.4. The minimum atomic E-state index is 0.442. The van der Waals surface area contributed by atoms with Gasteiger partial charge in [-0.2, -0.15) is 0 Å². The number of hydrogen-bond acceptors (Lipinski definition) is 3. The van der Waals surface area contributed by atoms with Crippen molar-refractivity contribution in [2.45, 2.75) is 57.7 Å². The van der Waals surface area contributed by atoms with Crippen molar-refractivity contribution in [3.05, 3.63) is 0 Å². The molecular formula is C12H26N2O. The fourth-order valence-electron chi connectivity index (χ4n) is 2.27. The second kappa shape index (κ2) is 6.46. The third kappa shape index (κ3) is 4.09. The molecule has 0 saturated heterocycles. The molecule has 1 fully saturated rings. The summed E-state index contributed by atoms with van der Waals surface area (Å²) in [6.07, 6.45) is 4.84. The number of rotatable bonds is 5. The average molecular weight is 214 g/mol. The van der Waals surface area contributed by atoms with Crippen molar-refractivity contribution in [2.75, 3.05) is 20.3 Å². The van der Waals surface area contributed by atoms with Crippen molar-refractivity contribution >= 4 is 0 Å². The fraction of sp³-hybridized carbons (Fsp3) is 1.00. The second-order valence-corrected chi connectivity index (χ2v) is 4.74. The zero-order valence-corrected chi connectivity index (χ0v) is 10.4. The molecule has 2 N–H and O–H groups in total. The Bertz CT molecular complexity index is 167. The van der Waals surface area contributed by atoms with Crippen LogP contribution in [0.1, 0.15) is 39.5 Å². The quantitative estimate of drug-likeness (QED) is 0.755. The van der Waals surface area contributed by atoms with Crippen molar-refractivity contribution in [2.24, 2.45) is 5.73 Å². The maximum Gasteiger partial charge on any atom is 0.0618 e. The standard InChI is InChI=1S/C12H26N2O/c1-4-15-9-10(2)14(3)12-7-5-11(13)6-8-12/h10-12H,4-9,13H2,1-3H3. The van der Waals surface area contributed by atoms with Crippen LogP contribution in [0, 0.1) is 0 Å². The lowest BCUT2D eigenvalue weighted by Crippen LogP contribution is -2.44. The molecule has 0 aromatic heterocycles. The normalized spacial score (nSPS) is 29.4. The zero-order chi connectivity index (χ0) is 11.3. The Kier molecular flexibility index (Phi) is 5.58. The molecule has 90 valence electrons. The van der Waals surface area contributed by atoms with Crippen LogP contribution in [0.4, 0.5) is 0 Å². The van der Waals surface area contributed by atoms with Gasteiger partial charge in [0.25, 0.3) is 0 Å². The van der Waals surface area contributed by atoms with Crippen LogP contribution in [-0.4, -0.2) is 43.3 Å². The molecule has 0 aromatic rings. The maximum atomic E-state index is 5.91. The lowest BCUT2D eigenvalue weighted by molar-refractivity contribution is 0.0547. The molecule has 0 aliphatic heterocycles. The van der Waals surface area contributed by atoms with Crippen molar-refractivity contribution in [3.63, 3.8) is 0 Å². The summed E-state index contributed by atoms with van der Waals surface area (Å²) in [4.78, 5) is 2.46. The molecule has 1 unspecified atom stereocenters. The predicted octanol–water partition coefficient (Wildman–Crippen LogP) is 1.61. The van der Waals surface area contributed by atoms with Gasteiger partial charge in [0.2, 0.25) is 0 Å². The van der Waals surface area contributed by atoms with Crippen LogP contribution in [-0.2, 0) is 4.74 Å². The molecule has 1 rings (SSSR count). The van der Waals surface area contributed by atoms with Crippen LogP contribution in [0.25, 0.3) is 0 Å². The largest absolute Gasteiger partial charge is 0.380 e. The molecule has 0 amide bonds. The summed E-state index contributed by atoms with van der Waals surface area (Å²) in [6.45, 7) is 5.94. The van der Waals surface area contributed by atoms with Crippen molar-refractivity contribution in [1.29, 1.82) is 0 Å². The van der Waals surface area contributed by atoms with E-state index >= 15 is 0 Å². The molecule has 15 heavy (non-hydrogen) atoms. The fourth-order valence-corrected chi connectivity index (χ4v) is 2.27. The Morgan fingerprint density at radius 3 is 2.47 bits per heavy atom. The van der Waals surface area contributed by atoms with Gasteiger partial charge in [0, 0.05) is 24.7 Å². The SMILES string of the molecule is CCOCC(C)N(C)C1CCC(N)CC1. The highest BCUT2D eigenvalue weighted by Gasteiger charge is 2.24. The predicted molar refractivity (Wildman–Crippen MR) is 63.9 cm³/mol. The van der Waals surface area contributed by atoms with Crippen LogP contribution in [0.15, 0.2) is 0 Å². The molecule has 0 aromatic carbocycles. The van der Waals surface area contributed by atoms with Gasteiger partial charge in [-0.1, -0.05) is 0 Å². The Balaban J connectivity index is 2.29. The Labute approximate surface area is 94.0 Å². The lowest BCUT2D eigenvalue weighted by atomic mass is 9.90. The summed E-state index contributed by atoms with van der Waals surface area (Å²) in [5.41, 5.74) is 5.91. The smallest absolute Gasteiger partial charge is 0.0618 e. The van der Waals surface area contributed by atoms with Crippen molar-refractivity contribution in [1.82, 2.24) is 4.90 Å². The minimum Gasteiger partial charge on any atom is -0.380 e. The minimum absolute atomic E-state index is 0.442. The molecule has 0 radical (unpaired) electrons. The van der Waals surface area contributed by atoms with E-state index in [0.29, 0.717) is 18.1 Å². The van der Waals surface area contributed by atoms with Crippen molar-refractivity contribution < 1.29 is 4.74 Å². The summed E-state index contributed by atoms with van der Waals surface area (Å²) >= 11 is 0. The molecule has 0 spiro atoms. The molecule has 1 atom stereocenters. The molecular weight excluding hydrogens is 188 g/mol. The van der Waals surface area contributed by atoms with Gasteiger partial charge in [-0.15, -0.1) is 0 Å². The van der Waals surface area contributed by atoms with Crippen molar-refractivity contribution in [3.8, 4) is 0 Å². The number of ether oxygens (including phenoxy) is 1. The average Bonchev–Trinajstić information content (AvgIpc) is 2.26. The van der Waals surface area contributed by atoms with Crippen LogP contribution >= 0.6 is 0 Å². The van der Waals surface area contributed by atoms with E-state index in [0.717, 1.165) is 13.2 Å². The maximum absolute atomic E-state index is 5.91. The highest BCUT2D eigenvalue weighted by Crippen LogP contribution is 2.22. The van der Waals surface area contributed by atoms with E-state index in [9.17, 15) is 0 Å². The van der Waals surface area contributed by atoms with E-state index in [1.807, 2.05) is 6.92 Å². The van der Waals surface area contributed by atoms with Crippen LogP contribution in [0.5, 0.6) is 0 Å². The molecule has 3 heteroatoms. The molecule has 1 saturated carbocycles. The third-order valence-corrected chi connectivity index (χ3v) is 3.58. The third-order valence-electron chi connectivity index (χ3n) is 3.58. The highest BCUT2D eigenvalue weighted by molar-refractivity contribution is 4.81.